The largest absolute Gasteiger partial charge is 0.506 e. The van der Waals surface area contributed by atoms with Crippen molar-refractivity contribution in [1.82, 2.24) is 4.57 Å². The summed E-state index contributed by atoms with van der Waals surface area (Å²) in [5, 5.41) is 20.2. The van der Waals surface area contributed by atoms with Crippen molar-refractivity contribution in [1.29, 1.82) is 0 Å². The fraction of sp³-hybridized carbons (Fsp3) is 0.414. The standard InChI is InChI=1S/C29H36N2O5S/c1-30(21-14-10-9-11-15-21)28(35)26-27(34)23-20-22(17-18-24(23)31(2)29(26)36)37-19-13-8-6-4-3-5-7-12-16-25(32)33/h9-11,14-15,17-18,20,34H,3-8,12-13,16,19H2,1-2H3,(H,32,33). The zero-order valence-electron chi connectivity index (χ0n) is 21.6. The highest BCUT2D eigenvalue weighted by Crippen LogP contribution is 2.32. The molecule has 1 aromatic heterocycles. The Morgan fingerprint density at radius 3 is 2.19 bits per heavy atom. The molecule has 0 aliphatic heterocycles. The van der Waals surface area contributed by atoms with Gasteiger partial charge in [-0.3, -0.25) is 14.4 Å². The lowest BCUT2D eigenvalue weighted by Crippen LogP contribution is -2.34. The van der Waals surface area contributed by atoms with Crippen molar-refractivity contribution in [2.75, 3.05) is 17.7 Å². The minimum Gasteiger partial charge on any atom is -0.506 e. The number of amides is 1. The number of nitrogens with zero attached hydrogens (tertiary/aromatic N) is 2. The number of hydrogen-bond acceptors (Lipinski definition) is 5. The van der Waals surface area contributed by atoms with Gasteiger partial charge in [-0.2, -0.15) is 0 Å². The van der Waals surface area contributed by atoms with Crippen LogP contribution < -0.4 is 10.5 Å². The average molecular weight is 525 g/mol. The number of aliphatic carboxylic acids is 1. The molecule has 0 saturated carbocycles. The third-order valence-electron chi connectivity index (χ3n) is 6.56. The van der Waals surface area contributed by atoms with Crippen molar-refractivity contribution in [3.05, 3.63) is 64.4 Å². The van der Waals surface area contributed by atoms with Crippen molar-refractivity contribution in [2.24, 2.45) is 7.05 Å². The lowest BCUT2D eigenvalue weighted by molar-refractivity contribution is -0.137. The van der Waals surface area contributed by atoms with E-state index in [0.717, 1.165) is 49.2 Å². The van der Waals surface area contributed by atoms with E-state index in [2.05, 4.69) is 0 Å². The first kappa shape index (κ1) is 28.3. The van der Waals surface area contributed by atoms with Gasteiger partial charge in [0, 0.05) is 36.5 Å². The van der Waals surface area contributed by atoms with Crippen molar-refractivity contribution >= 4 is 40.2 Å². The fourth-order valence-corrected chi connectivity index (χ4v) is 5.31. The number of carboxylic acids is 1. The molecule has 1 amide bonds. The maximum absolute atomic E-state index is 13.2. The molecule has 0 radical (unpaired) electrons. The van der Waals surface area contributed by atoms with Crippen molar-refractivity contribution in [2.45, 2.75) is 62.7 Å². The van der Waals surface area contributed by atoms with Gasteiger partial charge in [-0.15, -0.1) is 11.8 Å². The zero-order chi connectivity index (χ0) is 26.8. The molecule has 37 heavy (non-hydrogen) atoms. The predicted octanol–water partition coefficient (Wildman–Crippen LogP) is 6.21. The number of thioether (sulfide) groups is 1. The summed E-state index contributed by atoms with van der Waals surface area (Å²) in [7, 11) is 3.20. The summed E-state index contributed by atoms with van der Waals surface area (Å²) in [6.45, 7) is 0. The lowest BCUT2D eigenvalue weighted by atomic mass is 10.1. The van der Waals surface area contributed by atoms with Gasteiger partial charge in [-0.05, 0) is 48.9 Å². The number of carbonyl (C=O) groups excluding carboxylic acids is 1. The maximum atomic E-state index is 13.2. The first-order chi connectivity index (χ1) is 17.8. The summed E-state index contributed by atoms with van der Waals surface area (Å²) in [6, 6.07) is 14.6. The molecule has 2 N–H and O–H groups in total. The number of unbranched alkanes of at least 4 members (excludes halogenated alkanes) is 7. The van der Waals surface area contributed by atoms with Crippen LogP contribution >= 0.6 is 11.8 Å². The summed E-state index contributed by atoms with van der Waals surface area (Å²) < 4.78 is 1.41. The van der Waals surface area contributed by atoms with Crippen LogP contribution in [-0.4, -0.2) is 39.5 Å². The van der Waals surface area contributed by atoms with Gasteiger partial charge in [0.25, 0.3) is 11.5 Å². The number of aromatic nitrogens is 1. The van der Waals surface area contributed by atoms with Gasteiger partial charge in [-0.1, -0.05) is 56.7 Å². The second-order valence-corrected chi connectivity index (χ2v) is 10.5. The quantitative estimate of drug-likeness (QED) is 0.192. The van der Waals surface area contributed by atoms with Crippen molar-refractivity contribution in [3.63, 3.8) is 0 Å². The van der Waals surface area contributed by atoms with Crippen LogP contribution in [0.3, 0.4) is 0 Å². The molecule has 0 spiro atoms. The normalized spacial score (nSPS) is 11.1. The summed E-state index contributed by atoms with van der Waals surface area (Å²) in [5.74, 6) is -0.602. The Bertz CT molecular complexity index is 1270. The van der Waals surface area contributed by atoms with E-state index in [-0.39, 0.29) is 17.7 Å². The number of hydrogen-bond donors (Lipinski definition) is 2. The third-order valence-corrected chi connectivity index (χ3v) is 7.64. The van der Waals surface area contributed by atoms with Gasteiger partial charge in [0.15, 0.2) is 0 Å². The van der Waals surface area contributed by atoms with Crippen LogP contribution in [0.15, 0.2) is 58.2 Å². The summed E-state index contributed by atoms with van der Waals surface area (Å²) in [5.41, 5.74) is 0.456. The van der Waals surface area contributed by atoms with E-state index in [1.54, 1.807) is 38.0 Å². The molecule has 3 aromatic rings. The predicted molar refractivity (Wildman–Crippen MR) is 150 cm³/mol. The molecule has 0 unspecified atom stereocenters. The van der Waals surface area contributed by atoms with Gasteiger partial charge >= 0.3 is 5.97 Å². The van der Waals surface area contributed by atoms with E-state index in [9.17, 15) is 19.5 Å². The first-order valence-corrected chi connectivity index (χ1v) is 13.8. The second-order valence-electron chi connectivity index (χ2n) is 9.29. The van der Waals surface area contributed by atoms with Gasteiger partial charge in [0.05, 0.1) is 5.52 Å². The van der Waals surface area contributed by atoms with E-state index in [1.807, 2.05) is 36.4 Å². The highest BCUT2D eigenvalue weighted by atomic mass is 32.2. The third kappa shape index (κ3) is 7.61. The number of pyridine rings is 1. The monoisotopic (exact) mass is 524 g/mol. The second kappa shape index (κ2) is 13.9. The smallest absolute Gasteiger partial charge is 0.303 e. The molecule has 8 heteroatoms. The van der Waals surface area contributed by atoms with Gasteiger partial charge in [0.1, 0.15) is 11.3 Å². The number of carbonyl (C=O) groups is 2. The van der Waals surface area contributed by atoms with Crippen molar-refractivity contribution < 1.29 is 19.8 Å². The van der Waals surface area contributed by atoms with Gasteiger partial charge in [-0.25, -0.2) is 0 Å². The van der Waals surface area contributed by atoms with Crippen LogP contribution in [0.25, 0.3) is 10.9 Å². The van der Waals surface area contributed by atoms with E-state index in [4.69, 9.17) is 5.11 Å². The van der Waals surface area contributed by atoms with E-state index in [1.165, 1.54) is 22.3 Å². The minimum absolute atomic E-state index is 0.230. The SMILES string of the molecule is CN(C(=O)c1c(O)c2cc(SCCCCCCCCCCC(=O)O)ccc2n(C)c1=O)c1ccccc1. The molecular weight excluding hydrogens is 488 g/mol. The number of anilines is 1. The first-order valence-electron chi connectivity index (χ1n) is 12.8. The van der Waals surface area contributed by atoms with Crippen LogP contribution in [0.1, 0.15) is 68.1 Å². The molecule has 3 rings (SSSR count). The fourth-order valence-electron chi connectivity index (χ4n) is 4.36. The van der Waals surface area contributed by atoms with Crippen LogP contribution in [0, 0.1) is 0 Å². The topological polar surface area (TPSA) is 99.8 Å². The highest BCUT2D eigenvalue weighted by Gasteiger charge is 2.24. The number of rotatable bonds is 14. The Labute approximate surface area is 222 Å². The van der Waals surface area contributed by atoms with Gasteiger partial charge in [0.2, 0.25) is 0 Å². The van der Waals surface area contributed by atoms with E-state index >= 15 is 0 Å². The minimum atomic E-state index is -0.715. The molecular formula is C29H36N2O5S. The molecule has 7 nitrogen and oxygen atoms in total. The number of para-hydroxylation sites is 1. The highest BCUT2D eigenvalue weighted by molar-refractivity contribution is 7.99. The number of fused-ring (bicyclic) bond motifs is 1. The Hall–Kier alpha value is -3.26. The maximum Gasteiger partial charge on any atom is 0.303 e. The number of aryl methyl sites for hydroxylation is 1. The van der Waals surface area contributed by atoms with E-state index < -0.39 is 17.4 Å². The molecule has 0 bridgehead atoms. The van der Waals surface area contributed by atoms with E-state index in [0.29, 0.717) is 16.6 Å². The summed E-state index contributed by atoms with van der Waals surface area (Å²) in [4.78, 5) is 39.1. The van der Waals surface area contributed by atoms with Gasteiger partial charge < -0.3 is 19.7 Å². The number of benzene rings is 2. The lowest BCUT2D eigenvalue weighted by Gasteiger charge is -2.19. The molecule has 198 valence electrons. The van der Waals surface area contributed by atoms with Crippen LogP contribution in [0.5, 0.6) is 5.75 Å². The Kier molecular flexibility index (Phi) is 10.6. The zero-order valence-corrected chi connectivity index (χ0v) is 22.4. The molecule has 1 heterocycles. The summed E-state index contributed by atoms with van der Waals surface area (Å²) >= 11 is 1.70. The Balaban J connectivity index is 1.58. The molecule has 0 atom stereocenters. The molecule has 0 aliphatic carbocycles. The molecule has 0 saturated heterocycles. The summed E-state index contributed by atoms with van der Waals surface area (Å²) in [6.07, 6.45) is 8.81. The number of carboxylic acid groups (broad SMARTS) is 1. The Morgan fingerprint density at radius 2 is 1.54 bits per heavy atom. The average Bonchev–Trinajstić information content (AvgIpc) is 2.90. The van der Waals surface area contributed by atoms with Crippen molar-refractivity contribution in [3.8, 4) is 5.75 Å². The van der Waals surface area contributed by atoms with Crippen LogP contribution in [-0.2, 0) is 11.8 Å². The van der Waals surface area contributed by atoms with Crippen LogP contribution in [0.2, 0.25) is 0 Å². The molecule has 0 aliphatic rings. The number of aromatic hydroxyl groups is 1. The Morgan fingerprint density at radius 1 is 0.919 bits per heavy atom. The van der Waals surface area contributed by atoms with Crippen LogP contribution in [0.4, 0.5) is 5.69 Å². The molecule has 0 fully saturated rings. The molecule has 2 aromatic carbocycles.